The molecule has 2 atom stereocenters. The third-order valence-corrected chi connectivity index (χ3v) is 4.35. The zero-order valence-electron chi connectivity index (χ0n) is 11.6. The van der Waals surface area contributed by atoms with E-state index in [2.05, 4.69) is 5.32 Å². The summed E-state index contributed by atoms with van der Waals surface area (Å²) in [5.41, 5.74) is 0. The van der Waals surface area contributed by atoms with Crippen LogP contribution in [0.4, 0.5) is 0 Å². The van der Waals surface area contributed by atoms with Crippen molar-refractivity contribution >= 4 is 23.2 Å². The van der Waals surface area contributed by atoms with Crippen molar-refractivity contribution in [1.82, 2.24) is 10.2 Å². The molecule has 104 valence electrons. The van der Waals surface area contributed by atoms with Gasteiger partial charge in [-0.3, -0.25) is 9.59 Å². The predicted octanol–water partition coefficient (Wildman–Crippen LogP) is 2.01. The molecule has 0 aromatic carbocycles. The average Bonchev–Trinajstić information content (AvgIpc) is 2.86. The molecule has 2 rings (SSSR count). The lowest BCUT2D eigenvalue weighted by atomic mass is 9.97. The van der Waals surface area contributed by atoms with Gasteiger partial charge in [-0.2, -0.15) is 0 Å². The third-order valence-electron chi connectivity index (χ3n) is 3.49. The predicted molar refractivity (Wildman–Crippen MR) is 75.7 cm³/mol. The summed E-state index contributed by atoms with van der Waals surface area (Å²) in [4.78, 5) is 27.5. The number of thiophene rings is 1. The Kier molecular flexibility index (Phi) is 4.24. The van der Waals surface area contributed by atoms with E-state index in [-0.39, 0.29) is 23.8 Å². The zero-order chi connectivity index (χ0) is 14.0. The average molecular weight is 280 g/mol. The van der Waals surface area contributed by atoms with Crippen LogP contribution in [0, 0.1) is 5.92 Å². The Balaban J connectivity index is 2.23. The lowest BCUT2D eigenvalue weighted by Gasteiger charge is -2.39. The van der Waals surface area contributed by atoms with Gasteiger partial charge < -0.3 is 10.2 Å². The van der Waals surface area contributed by atoms with Crippen molar-refractivity contribution < 1.29 is 9.59 Å². The molecule has 2 heterocycles. The van der Waals surface area contributed by atoms with Gasteiger partial charge >= 0.3 is 0 Å². The Bertz CT molecular complexity index is 456. The SMILES string of the molecule is CCC1C(=O)NC(C(C)C)C(=O)N1Cc1cccs1. The maximum atomic E-state index is 12.5. The van der Waals surface area contributed by atoms with E-state index in [0.29, 0.717) is 13.0 Å². The number of carbonyl (C=O) groups is 2. The van der Waals surface area contributed by atoms with Crippen molar-refractivity contribution in [3.63, 3.8) is 0 Å². The maximum absolute atomic E-state index is 12.5. The molecule has 2 amide bonds. The van der Waals surface area contributed by atoms with Crippen LogP contribution in [-0.2, 0) is 16.1 Å². The van der Waals surface area contributed by atoms with Crippen LogP contribution in [-0.4, -0.2) is 28.8 Å². The van der Waals surface area contributed by atoms with Crippen LogP contribution in [0.25, 0.3) is 0 Å². The van der Waals surface area contributed by atoms with Gasteiger partial charge in [-0.1, -0.05) is 26.8 Å². The number of hydrogen-bond acceptors (Lipinski definition) is 3. The smallest absolute Gasteiger partial charge is 0.246 e. The standard InChI is InChI=1S/C14H20N2O2S/c1-4-11-13(17)15-12(9(2)3)14(18)16(11)8-10-6-5-7-19-10/h5-7,9,11-12H,4,8H2,1-3H3,(H,15,17). The maximum Gasteiger partial charge on any atom is 0.246 e. The topological polar surface area (TPSA) is 49.4 Å². The van der Waals surface area contributed by atoms with Crippen LogP contribution in [0.3, 0.4) is 0 Å². The van der Waals surface area contributed by atoms with Gasteiger partial charge in [0.2, 0.25) is 11.8 Å². The molecule has 4 nitrogen and oxygen atoms in total. The van der Waals surface area contributed by atoms with Gasteiger partial charge in [0.15, 0.2) is 0 Å². The van der Waals surface area contributed by atoms with Gasteiger partial charge in [0.25, 0.3) is 0 Å². The monoisotopic (exact) mass is 280 g/mol. The molecular weight excluding hydrogens is 260 g/mol. The van der Waals surface area contributed by atoms with Crippen LogP contribution in [0.2, 0.25) is 0 Å². The van der Waals surface area contributed by atoms with E-state index < -0.39 is 6.04 Å². The van der Waals surface area contributed by atoms with Crippen molar-refractivity contribution in [1.29, 1.82) is 0 Å². The molecule has 0 radical (unpaired) electrons. The Morgan fingerprint density at radius 2 is 2.16 bits per heavy atom. The number of carbonyl (C=O) groups excluding carboxylic acids is 2. The molecule has 1 N–H and O–H groups in total. The summed E-state index contributed by atoms with van der Waals surface area (Å²) in [6.45, 7) is 6.39. The minimum Gasteiger partial charge on any atom is -0.342 e. The zero-order valence-corrected chi connectivity index (χ0v) is 12.4. The minimum atomic E-state index is -0.393. The lowest BCUT2D eigenvalue weighted by Crippen LogP contribution is -2.64. The van der Waals surface area contributed by atoms with E-state index in [1.54, 1.807) is 16.2 Å². The Hall–Kier alpha value is -1.36. The highest BCUT2D eigenvalue weighted by molar-refractivity contribution is 7.09. The van der Waals surface area contributed by atoms with E-state index >= 15 is 0 Å². The quantitative estimate of drug-likeness (QED) is 0.917. The second-order valence-electron chi connectivity index (χ2n) is 5.20. The fraction of sp³-hybridized carbons (Fsp3) is 0.571. The molecule has 0 spiro atoms. The van der Waals surface area contributed by atoms with E-state index in [0.717, 1.165) is 4.88 Å². The van der Waals surface area contributed by atoms with E-state index in [1.165, 1.54) is 0 Å². The molecule has 0 bridgehead atoms. The molecule has 2 unspecified atom stereocenters. The van der Waals surface area contributed by atoms with Crippen LogP contribution in [0.15, 0.2) is 17.5 Å². The molecule has 1 saturated heterocycles. The fourth-order valence-electron chi connectivity index (χ4n) is 2.40. The summed E-state index contributed by atoms with van der Waals surface area (Å²) in [7, 11) is 0. The highest BCUT2D eigenvalue weighted by atomic mass is 32.1. The normalized spacial score (nSPS) is 23.9. The van der Waals surface area contributed by atoms with Crippen LogP contribution < -0.4 is 5.32 Å². The van der Waals surface area contributed by atoms with E-state index in [4.69, 9.17) is 0 Å². The number of amides is 2. The van der Waals surface area contributed by atoms with Gasteiger partial charge in [-0.15, -0.1) is 11.3 Å². The van der Waals surface area contributed by atoms with E-state index in [9.17, 15) is 9.59 Å². The molecule has 1 aliphatic heterocycles. The molecule has 5 heteroatoms. The van der Waals surface area contributed by atoms with Crippen LogP contribution in [0.5, 0.6) is 0 Å². The van der Waals surface area contributed by atoms with Crippen molar-refractivity contribution in [3.05, 3.63) is 22.4 Å². The Labute approximate surface area is 117 Å². The second kappa shape index (κ2) is 5.74. The fourth-order valence-corrected chi connectivity index (χ4v) is 3.10. The lowest BCUT2D eigenvalue weighted by molar-refractivity contribution is -0.151. The van der Waals surface area contributed by atoms with E-state index in [1.807, 2.05) is 38.3 Å². The van der Waals surface area contributed by atoms with Crippen LogP contribution >= 0.6 is 11.3 Å². The summed E-state index contributed by atoms with van der Waals surface area (Å²) < 4.78 is 0. The molecule has 1 fully saturated rings. The van der Waals surface area contributed by atoms with Crippen molar-refractivity contribution in [2.45, 2.75) is 45.8 Å². The summed E-state index contributed by atoms with van der Waals surface area (Å²) >= 11 is 1.62. The molecule has 1 aromatic rings. The second-order valence-corrected chi connectivity index (χ2v) is 6.23. The first kappa shape index (κ1) is 14.1. The van der Waals surface area contributed by atoms with Gasteiger partial charge in [0.1, 0.15) is 12.1 Å². The number of nitrogens with one attached hydrogen (secondary N) is 1. The Morgan fingerprint density at radius 1 is 1.42 bits per heavy atom. The summed E-state index contributed by atoms with van der Waals surface area (Å²) in [5, 5.41) is 4.84. The Morgan fingerprint density at radius 3 is 2.68 bits per heavy atom. The molecule has 0 aliphatic carbocycles. The number of piperazine rings is 1. The molecular formula is C14H20N2O2S. The molecule has 1 aromatic heterocycles. The first-order valence-electron chi connectivity index (χ1n) is 6.67. The molecule has 19 heavy (non-hydrogen) atoms. The largest absolute Gasteiger partial charge is 0.342 e. The van der Waals surface area contributed by atoms with Crippen molar-refractivity contribution in [3.8, 4) is 0 Å². The number of rotatable bonds is 4. The van der Waals surface area contributed by atoms with Crippen molar-refractivity contribution in [2.24, 2.45) is 5.92 Å². The number of nitrogens with zero attached hydrogens (tertiary/aromatic N) is 1. The van der Waals surface area contributed by atoms with Crippen molar-refractivity contribution in [2.75, 3.05) is 0 Å². The van der Waals surface area contributed by atoms with Gasteiger partial charge in [-0.25, -0.2) is 0 Å². The first-order chi connectivity index (χ1) is 9.04. The van der Waals surface area contributed by atoms with Crippen LogP contribution in [0.1, 0.15) is 32.1 Å². The first-order valence-corrected chi connectivity index (χ1v) is 7.55. The molecule has 0 saturated carbocycles. The highest BCUT2D eigenvalue weighted by Gasteiger charge is 2.40. The summed E-state index contributed by atoms with van der Waals surface area (Å²) in [5.74, 6) is 0.118. The van der Waals surface area contributed by atoms with Gasteiger partial charge in [-0.05, 0) is 23.8 Å². The number of hydrogen-bond donors (Lipinski definition) is 1. The summed E-state index contributed by atoms with van der Waals surface area (Å²) in [6.07, 6.45) is 0.647. The third kappa shape index (κ3) is 2.81. The summed E-state index contributed by atoms with van der Waals surface area (Å²) in [6, 6.07) is 3.23. The molecule has 1 aliphatic rings. The van der Waals surface area contributed by atoms with Gasteiger partial charge in [0, 0.05) is 4.88 Å². The minimum absolute atomic E-state index is 0.0302. The highest BCUT2D eigenvalue weighted by Crippen LogP contribution is 2.21. The van der Waals surface area contributed by atoms with Gasteiger partial charge in [0.05, 0.1) is 6.54 Å².